The zero-order chi connectivity index (χ0) is 25.3. The van der Waals surface area contributed by atoms with E-state index >= 15 is 0 Å². The molecule has 0 bridgehead atoms. The first-order chi connectivity index (χ1) is 17.3. The molecule has 0 saturated carbocycles. The van der Waals surface area contributed by atoms with Crippen LogP contribution in [0.5, 0.6) is 17.4 Å². The predicted molar refractivity (Wildman–Crippen MR) is 132 cm³/mol. The number of rotatable bonds is 8. The van der Waals surface area contributed by atoms with Crippen LogP contribution < -0.4 is 19.1 Å². The van der Waals surface area contributed by atoms with Crippen LogP contribution >= 0.6 is 0 Å². The summed E-state index contributed by atoms with van der Waals surface area (Å²) in [5, 5.41) is 23.9. The molecular formula is C26H26N6O4. The molecule has 184 valence electrons. The second kappa shape index (κ2) is 9.36. The van der Waals surface area contributed by atoms with Gasteiger partial charge in [-0.2, -0.15) is 10.4 Å². The zero-order valence-corrected chi connectivity index (χ0v) is 20.3. The predicted octanol–water partition coefficient (Wildman–Crippen LogP) is 3.09. The molecule has 10 heteroatoms. The minimum Gasteiger partial charge on any atom is -0.495 e. The average molecular weight is 487 g/mol. The van der Waals surface area contributed by atoms with E-state index in [1.807, 2.05) is 24.3 Å². The van der Waals surface area contributed by atoms with E-state index in [1.54, 1.807) is 50.1 Å². The van der Waals surface area contributed by atoms with E-state index in [1.165, 1.54) is 6.20 Å². The number of fused-ring (bicyclic) bond motifs is 1. The van der Waals surface area contributed by atoms with Gasteiger partial charge in [-0.3, -0.25) is 0 Å². The van der Waals surface area contributed by atoms with Crippen molar-refractivity contribution < 1.29 is 19.3 Å². The van der Waals surface area contributed by atoms with Crippen molar-refractivity contribution >= 4 is 11.3 Å². The molecule has 0 spiro atoms. The van der Waals surface area contributed by atoms with E-state index in [0.29, 0.717) is 41.5 Å². The minimum atomic E-state index is -0.984. The highest BCUT2D eigenvalue weighted by atomic mass is 16.5. The van der Waals surface area contributed by atoms with Crippen LogP contribution in [0.1, 0.15) is 19.4 Å². The number of aliphatic hydroxyl groups is 1. The van der Waals surface area contributed by atoms with Gasteiger partial charge in [-0.25, -0.2) is 14.5 Å². The molecule has 1 saturated heterocycles. The van der Waals surface area contributed by atoms with Crippen LogP contribution in [0.25, 0.3) is 16.6 Å². The van der Waals surface area contributed by atoms with E-state index in [2.05, 4.69) is 26.0 Å². The summed E-state index contributed by atoms with van der Waals surface area (Å²) in [6.07, 6.45) is 6.66. The Morgan fingerprint density at radius 3 is 2.58 bits per heavy atom. The molecule has 1 aliphatic rings. The number of hydrogen-bond acceptors (Lipinski definition) is 9. The molecule has 0 radical (unpaired) electrons. The lowest BCUT2D eigenvalue weighted by Gasteiger charge is -2.39. The molecule has 4 aromatic rings. The van der Waals surface area contributed by atoms with E-state index in [4.69, 9.17) is 14.2 Å². The molecule has 1 fully saturated rings. The number of pyridine rings is 3. The highest BCUT2D eigenvalue weighted by molar-refractivity contribution is 5.85. The van der Waals surface area contributed by atoms with Crippen molar-refractivity contribution in [1.29, 1.82) is 5.26 Å². The third-order valence-corrected chi connectivity index (χ3v) is 5.76. The van der Waals surface area contributed by atoms with Gasteiger partial charge < -0.3 is 24.2 Å². The SMILES string of the molecule is COc1ccc(OC2CN(c3ccc(-c4cc(OCC(C)(C)O)cn5ncc(C#N)c45)cn3)C2)nc1. The molecule has 0 atom stereocenters. The molecule has 1 aliphatic heterocycles. The highest BCUT2D eigenvalue weighted by Crippen LogP contribution is 2.32. The van der Waals surface area contributed by atoms with Gasteiger partial charge in [0.25, 0.3) is 0 Å². The first kappa shape index (κ1) is 23.4. The Morgan fingerprint density at radius 1 is 1.11 bits per heavy atom. The summed E-state index contributed by atoms with van der Waals surface area (Å²) >= 11 is 0. The van der Waals surface area contributed by atoms with Gasteiger partial charge in [-0.15, -0.1) is 0 Å². The van der Waals surface area contributed by atoms with Crippen molar-refractivity contribution in [3.8, 4) is 34.6 Å². The fourth-order valence-electron chi connectivity index (χ4n) is 3.90. The smallest absolute Gasteiger partial charge is 0.213 e. The van der Waals surface area contributed by atoms with Crippen molar-refractivity contribution in [2.45, 2.75) is 25.6 Å². The number of ether oxygens (including phenoxy) is 3. The van der Waals surface area contributed by atoms with Crippen molar-refractivity contribution in [2.75, 3.05) is 31.7 Å². The summed E-state index contributed by atoms with van der Waals surface area (Å²) in [7, 11) is 1.60. The average Bonchev–Trinajstić information content (AvgIpc) is 3.27. The molecule has 10 nitrogen and oxygen atoms in total. The van der Waals surface area contributed by atoms with Gasteiger partial charge in [-0.1, -0.05) is 0 Å². The van der Waals surface area contributed by atoms with Gasteiger partial charge in [0.15, 0.2) is 0 Å². The van der Waals surface area contributed by atoms with Gasteiger partial charge in [0, 0.05) is 23.4 Å². The van der Waals surface area contributed by atoms with Gasteiger partial charge in [0.1, 0.15) is 36.1 Å². The zero-order valence-electron chi connectivity index (χ0n) is 20.3. The highest BCUT2D eigenvalue weighted by Gasteiger charge is 2.30. The molecule has 36 heavy (non-hydrogen) atoms. The van der Waals surface area contributed by atoms with Crippen LogP contribution in [0.2, 0.25) is 0 Å². The number of hydrogen-bond donors (Lipinski definition) is 1. The maximum Gasteiger partial charge on any atom is 0.213 e. The topological polar surface area (TPSA) is 118 Å². The lowest BCUT2D eigenvalue weighted by Crippen LogP contribution is -2.54. The van der Waals surface area contributed by atoms with Crippen LogP contribution in [0.15, 0.2) is 55.1 Å². The normalized spacial score (nSPS) is 13.8. The second-order valence-corrected chi connectivity index (χ2v) is 9.24. The summed E-state index contributed by atoms with van der Waals surface area (Å²) in [6.45, 7) is 4.87. The molecule has 0 unspecified atom stereocenters. The minimum absolute atomic E-state index is 0.0292. The molecule has 0 amide bonds. The summed E-state index contributed by atoms with van der Waals surface area (Å²) in [5.41, 5.74) is 1.74. The molecule has 4 aromatic heterocycles. The Labute approximate surface area is 208 Å². The third-order valence-electron chi connectivity index (χ3n) is 5.76. The Hall–Kier alpha value is -4.36. The molecule has 1 N–H and O–H groups in total. The van der Waals surface area contributed by atoms with Crippen molar-refractivity contribution in [3.63, 3.8) is 0 Å². The summed E-state index contributed by atoms with van der Waals surface area (Å²) < 4.78 is 18.4. The molecule has 5 rings (SSSR count). The molecule has 0 aromatic carbocycles. The Bertz CT molecular complexity index is 1400. The van der Waals surface area contributed by atoms with E-state index in [9.17, 15) is 10.4 Å². The van der Waals surface area contributed by atoms with E-state index in [0.717, 1.165) is 16.9 Å². The first-order valence-electron chi connectivity index (χ1n) is 11.5. The monoisotopic (exact) mass is 486 g/mol. The number of aromatic nitrogens is 4. The Kier molecular flexibility index (Phi) is 6.08. The van der Waals surface area contributed by atoms with E-state index < -0.39 is 5.60 Å². The van der Waals surface area contributed by atoms with Crippen LogP contribution in [0.4, 0.5) is 5.82 Å². The summed E-state index contributed by atoms with van der Waals surface area (Å²) in [4.78, 5) is 11.0. The Morgan fingerprint density at radius 2 is 1.94 bits per heavy atom. The molecular weight excluding hydrogens is 460 g/mol. The maximum absolute atomic E-state index is 10.0. The summed E-state index contributed by atoms with van der Waals surface area (Å²) in [5.74, 6) is 2.62. The van der Waals surface area contributed by atoms with Crippen molar-refractivity contribution in [1.82, 2.24) is 19.6 Å². The lowest BCUT2D eigenvalue weighted by molar-refractivity contribution is 0.0283. The quantitative estimate of drug-likeness (QED) is 0.401. The Balaban J connectivity index is 1.32. The second-order valence-electron chi connectivity index (χ2n) is 9.24. The maximum atomic E-state index is 10.0. The number of nitrogens with zero attached hydrogens (tertiary/aromatic N) is 6. The third kappa shape index (κ3) is 4.87. The van der Waals surface area contributed by atoms with Gasteiger partial charge in [0.05, 0.1) is 55.5 Å². The molecule has 0 aliphatic carbocycles. The number of anilines is 1. The lowest BCUT2D eigenvalue weighted by atomic mass is 10.0. The van der Waals surface area contributed by atoms with Crippen LogP contribution in [-0.2, 0) is 0 Å². The molecule has 5 heterocycles. The number of methoxy groups -OCH3 is 1. The van der Waals surface area contributed by atoms with Gasteiger partial charge >= 0.3 is 0 Å². The van der Waals surface area contributed by atoms with Gasteiger partial charge in [0.2, 0.25) is 5.88 Å². The van der Waals surface area contributed by atoms with Crippen molar-refractivity contribution in [3.05, 3.63) is 60.7 Å². The first-order valence-corrected chi connectivity index (χ1v) is 11.5. The summed E-state index contributed by atoms with van der Waals surface area (Å²) in [6, 6.07) is 11.6. The number of nitriles is 1. The standard InChI is InChI=1S/C26H26N6O4/c1-26(2,33)16-35-20-8-22(25-18(9-27)11-30-32(25)15-20)17-4-6-23(28-10-17)31-13-21(14-31)36-24-7-5-19(34-3)12-29-24/h4-8,10-12,15,21,33H,13-14,16H2,1-3H3. The van der Waals surface area contributed by atoms with Crippen LogP contribution in [-0.4, -0.2) is 63.2 Å². The fraction of sp³-hybridized carbons (Fsp3) is 0.308. The largest absolute Gasteiger partial charge is 0.495 e. The van der Waals surface area contributed by atoms with Crippen LogP contribution in [0, 0.1) is 11.3 Å². The van der Waals surface area contributed by atoms with Gasteiger partial charge in [-0.05, 0) is 38.1 Å². The van der Waals surface area contributed by atoms with E-state index in [-0.39, 0.29) is 12.7 Å². The van der Waals surface area contributed by atoms with Crippen LogP contribution in [0.3, 0.4) is 0 Å². The fourth-order valence-corrected chi connectivity index (χ4v) is 3.90. The van der Waals surface area contributed by atoms with Crippen molar-refractivity contribution in [2.24, 2.45) is 0 Å².